The molecule has 128 valence electrons. The molecule has 1 fully saturated rings. The first-order chi connectivity index (χ1) is 11.5. The van der Waals surface area contributed by atoms with E-state index in [9.17, 15) is 14.7 Å². The number of aromatic nitrogens is 1. The molecule has 0 saturated heterocycles. The number of carbonyl (C=O) groups is 2. The third-order valence-corrected chi connectivity index (χ3v) is 5.46. The van der Waals surface area contributed by atoms with Gasteiger partial charge in [-0.25, -0.2) is 4.79 Å². The first kappa shape index (κ1) is 17.0. The van der Waals surface area contributed by atoms with Crippen molar-refractivity contribution in [1.29, 1.82) is 0 Å². The second-order valence-electron chi connectivity index (χ2n) is 6.47. The Bertz CT molecular complexity index is 752. The number of H-pyrrole nitrogens is 1. The Hall–Kier alpha value is -1.82. The number of fused-ring (bicyclic) bond motifs is 1. The highest BCUT2D eigenvalue weighted by Crippen LogP contribution is 2.30. The van der Waals surface area contributed by atoms with E-state index in [1.165, 1.54) is 19.3 Å². The maximum absolute atomic E-state index is 12.1. The topological polar surface area (TPSA) is 82.2 Å². The summed E-state index contributed by atoms with van der Waals surface area (Å²) in [6.07, 6.45) is 6.97. The molecule has 5 nitrogen and oxygen atoms in total. The summed E-state index contributed by atoms with van der Waals surface area (Å²) in [7, 11) is 0. The van der Waals surface area contributed by atoms with Crippen molar-refractivity contribution in [1.82, 2.24) is 10.3 Å². The lowest BCUT2D eigenvalue weighted by Gasteiger charge is -2.25. The molecule has 1 atom stereocenters. The van der Waals surface area contributed by atoms with Gasteiger partial charge in [0.25, 0.3) is 0 Å². The van der Waals surface area contributed by atoms with Crippen molar-refractivity contribution in [3.05, 3.63) is 34.4 Å². The van der Waals surface area contributed by atoms with E-state index in [1.54, 1.807) is 0 Å². The van der Waals surface area contributed by atoms with Gasteiger partial charge in [0.05, 0.1) is 0 Å². The zero-order chi connectivity index (χ0) is 17.1. The molecule has 24 heavy (non-hydrogen) atoms. The molecule has 1 aliphatic carbocycles. The molecule has 1 unspecified atom stereocenters. The maximum atomic E-state index is 12.1. The Morgan fingerprint density at radius 1 is 1.38 bits per heavy atom. The van der Waals surface area contributed by atoms with E-state index < -0.39 is 12.0 Å². The molecule has 1 amide bonds. The molecule has 3 N–H and O–H groups in total. The quantitative estimate of drug-likeness (QED) is 0.672. The molecule has 1 aromatic heterocycles. The molecule has 0 bridgehead atoms. The van der Waals surface area contributed by atoms with Gasteiger partial charge in [-0.2, -0.15) is 0 Å². The monoisotopic (exact) mass is 392 g/mol. The van der Waals surface area contributed by atoms with Crippen LogP contribution in [0.2, 0.25) is 0 Å². The second kappa shape index (κ2) is 7.38. The molecule has 0 aliphatic heterocycles. The fraction of sp³-hybridized carbons (Fsp3) is 0.444. The number of rotatable bonds is 7. The van der Waals surface area contributed by atoms with Gasteiger partial charge in [0.15, 0.2) is 0 Å². The number of carbonyl (C=O) groups excluding carboxylic acids is 1. The molecular weight excluding hydrogens is 372 g/mol. The summed E-state index contributed by atoms with van der Waals surface area (Å²) in [5, 5.41) is 13.1. The summed E-state index contributed by atoms with van der Waals surface area (Å²) in [4.78, 5) is 26.8. The van der Waals surface area contributed by atoms with Crippen LogP contribution < -0.4 is 5.32 Å². The Kier molecular flexibility index (Phi) is 5.23. The molecule has 2 aromatic rings. The number of carboxylic acids is 1. The Balaban J connectivity index is 1.66. The molecule has 3 rings (SSSR count). The maximum Gasteiger partial charge on any atom is 0.326 e. The van der Waals surface area contributed by atoms with Gasteiger partial charge in [0, 0.05) is 34.4 Å². The SMILES string of the molecule is O=C(CCC1CCC1)NC(Cc1c[nH]c2cccc(Br)c12)C(=O)O. The third-order valence-electron chi connectivity index (χ3n) is 4.80. The number of carboxylic acid groups (broad SMARTS) is 1. The van der Waals surface area contributed by atoms with Gasteiger partial charge in [0.1, 0.15) is 6.04 Å². The Morgan fingerprint density at radius 2 is 2.17 bits per heavy atom. The van der Waals surface area contributed by atoms with Crippen LogP contribution in [0.3, 0.4) is 0 Å². The number of amides is 1. The minimum Gasteiger partial charge on any atom is -0.480 e. The fourth-order valence-corrected chi connectivity index (χ4v) is 3.79. The molecule has 6 heteroatoms. The summed E-state index contributed by atoms with van der Waals surface area (Å²) in [6.45, 7) is 0. The van der Waals surface area contributed by atoms with Gasteiger partial charge < -0.3 is 15.4 Å². The molecule has 1 aromatic carbocycles. The smallest absolute Gasteiger partial charge is 0.326 e. The zero-order valence-corrected chi connectivity index (χ0v) is 14.9. The normalized spacial score (nSPS) is 15.9. The minimum atomic E-state index is -1.01. The number of aliphatic carboxylic acids is 1. The summed E-state index contributed by atoms with van der Waals surface area (Å²) in [6, 6.07) is 4.87. The van der Waals surface area contributed by atoms with E-state index in [0.717, 1.165) is 27.4 Å². The number of nitrogens with one attached hydrogen (secondary N) is 2. The predicted octanol–water partition coefficient (Wildman–Crippen LogP) is 3.62. The number of aromatic amines is 1. The summed E-state index contributed by atoms with van der Waals surface area (Å²) in [5.41, 5.74) is 1.82. The number of benzene rings is 1. The van der Waals surface area contributed by atoms with Crippen LogP contribution in [0.1, 0.15) is 37.7 Å². The van der Waals surface area contributed by atoms with E-state index in [4.69, 9.17) is 0 Å². The standard InChI is InChI=1S/C18H21BrN2O3/c19-13-5-2-6-14-17(13)12(10-20-14)9-15(18(23)24)21-16(22)8-7-11-3-1-4-11/h2,5-6,10-11,15,20H,1,3-4,7-9H2,(H,21,22)(H,23,24). The van der Waals surface area contributed by atoms with Crippen molar-refractivity contribution in [2.45, 2.75) is 44.6 Å². The van der Waals surface area contributed by atoms with Gasteiger partial charge in [-0.3, -0.25) is 4.79 Å². The van der Waals surface area contributed by atoms with E-state index in [0.29, 0.717) is 12.3 Å². The van der Waals surface area contributed by atoms with Crippen LogP contribution in [0.4, 0.5) is 0 Å². The van der Waals surface area contributed by atoms with Crippen molar-refractivity contribution in [2.75, 3.05) is 0 Å². The molecular formula is C18H21BrN2O3. The first-order valence-electron chi connectivity index (χ1n) is 8.31. The number of hydrogen-bond donors (Lipinski definition) is 3. The highest BCUT2D eigenvalue weighted by atomic mass is 79.9. The van der Waals surface area contributed by atoms with E-state index in [1.807, 2.05) is 24.4 Å². The number of halogens is 1. The lowest BCUT2D eigenvalue weighted by Crippen LogP contribution is -2.42. The van der Waals surface area contributed by atoms with Crippen LogP contribution in [0, 0.1) is 5.92 Å². The highest BCUT2D eigenvalue weighted by molar-refractivity contribution is 9.10. The molecule has 0 radical (unpaired) electrons. The largest absolute Gasteiger partial charge is 0.480 e. The zero-order valence-electron chi connectivity index (χ0n) is 13.3. The van der Waals surface area contributed by atoms with Crippen LogP contribution in [-0.4, -0.2) is 28.0 Å². The van der Waals surface area contributed by atoms with Crippen molar-refractivity contribution >= 4 is 38.7 Å². The van der Waals surface area contributed by atoms with Crippen molar-refractivity contribution in [3.8, 4) is 0 Å². The first-order valence-corrected chi connectivity index (χ1v) is 9.10. The molecule has 1 saturated carbocycles. The van der Waals surface area contributed by atoms with Crippen molar-refractivity contribution in [3.63, 3.8) is 0 Å². The Labute approximate surface area is 149 Å². The number of hydrogen-bond acceptors (Lipinski definition) is 2. The second-order valence-corrected chi connectivity index (χ2v) is 7.33. The molecule has 1 heterocycles. The summed E-state index contributed by atoms with van der Waals surface area (Å²) < 4.78 is 0.914. The van der Waals surface area contributed by atoms with E-state index in [-0.39, 0.29) is 12.3 Å². The average molecular weight is 393 g/mol. The third kappa shape index (κ3) is 3.80. The minimum absolute atomic E-state index is 0.173. The van der Waals surface area contributed by atoms with Crippen LogP contribution >= 0.6 is 15.9 Å². The van der Waals surface area contributed by atoms with Crippen LogP contribution in [0.5, 0.6) is 0 Å². The van der Waals surface area contributed by atoms with Crippen LogP contribution in [0.15, 0.2) is 28.9 Å². The Morgan fingerprint density at radius 3 is 2.83 bits per heavy atom. The van der Waals surface area contributed by atoms with Crippen molar-refractivity contribution in [2.24, 2.45) is 5.92 Å². The predicted molar refractivity (Wildman–Crippen MR) is 95.8 cm³/mol. The van der Waals surface area contributed by atoms with Gasteiger partial charge in [0.2, 0.25) is 5.91 Å². The average Bonchev–Trinajstić information content (AvgIpc) is 2.89. The lowest BCUT2D eigenvalue weighted by molar-refractivity contribution is -0.141. The van der Waals surface area contributed by atoms with Gasteiger partial charge in [-0.05, 0) is 30.0 Å². The van der Waals surface area contributed by atoms with Crippen molar-refractivity contribution < 1.29 is 14.7 Å². The molecule has 1 aliphatic rings. The lowest BCUT2D eigenvalue weighted by atomic mass is 9.82. The fourth-order valence-electron chi connectivity index (χ4n) is 3.17. The summed E-state index contributed by atoms with van der Waals surface area (Å²) in [5.74, 6) is -0.537. The van der Waals surface area contributed by atoms with Crippen LogP contribution in [-0.2, 0) is 16.0 Å². The van der Waals surface area contributed by atoms with Gasteiger partial charge >= 0.3 is 5.97 Å². The van der Waals surface area contributed by atoms with Crippen LogP contribution in [0.25, 0.3) is 10.9 Å². The van der Waals surface area contributed by atoms with Gasteiger partial charge in [-0.15, -0.1) is 0 Å². The summed E-state index contributed by atoms with van der Waals surface area (Å²) >= 11 is 3.51. The van der Waals surface area contributed by atoms with E-state index in [2.05, 4.69) is 26.2 Å². The van der Waals surface area contributed by atoms with E-state index >= 15 is 0 Å². The van der Waals surface area contributed by atoms with Gasteiger partial charge in [-0.1, -0.05) is 41.3 Å². The molecule has 0 spiro atoms. The highest BCUT2D eigenvalue weighted by Gasteiger charge is 2.24.